The fourth-order valence-electron chi connectivity index (χ4n) is 3.02. The van der Waals surface area contributed by atoms with Gasteiger partial charge in [-0.25, -0.2) is 15.0 Å². The molecule has 1 aliphatic rings. The van der Waals surface area contributed by atoms with Gasteiger partial charge < -0.3 is 14.7 Å². The largest absolute Gasteiger partial charge is 0.506 e. The van der Waals surface area contributed by atoms with Gasteiger partial charge in [-0.2, -0.15) is 0 Å². The smallest absolute Gasteiger partial charge is 0.273 e. The summed E-state index contributed by atoms with van der Waals surface area (Å²) in [6.07, 6.45) is 3.67. The molecule has 0 spiro atoms. The summed E-state index contributed by atoms with van der Waals surface area (Å²) >= 11 is 0. The molecule has 1 aromatic carbocycles. The average Bonchev–Trinajstić information content (AvgIpc) is 3.12. The minimum absolute atomic E-state index is 0.0327. The van der Waals surface area contributed by atoms with Gasteiger partial charge in [-0.15, -0.1) is 0 Å². The number of pyridine rings is 1. The number of methoxy groups -OCH3 is 1. The lowest BCUT2D eigenvalue weighted by molar-refractivity contribution is 0.0744. The summed E-state index contributed by atoms with van der Waals surface area (Å²) in [6, 6.07) is 10.8. The third kappa shape index (κ3) is 3.57. The Hall–Kier alpha value is -3.48. The van der Waals surface area contributed by atoms with Gasteiger partial charge in [0.25, 0.3) is 5.91 Å². The first-order chi connectivity index (χ1) is 13.1. The van der Waals surface area contributed by atoms with Crippen LogP contribution < -0.4 is 4.74 Å². The zero-order chi connectivity index (χ0) is 18.8. The van der Waals surface area contributed by atoms with Gasteiger partial charge in [0.1, 0.15) is 23.0 Å². The van der Waals surface area contributed by atoms with Crippen LogP contribution in [0.25, 0.3) is 0 Å². The fraction of sp³-hybridized carbons (Fsp3) is 0.200. The molecule has 0 aliphatic carbocycles. The molecule has 27 heavy (non-hydrogen) atoms. The number of carbonyl (C=O) groups excluding carboxylic acids is 1. The van der Waals surface area contributed by atoms with Crippen LogP contribution in [-0.2, 0) is 19.5 Å². The fourth-order valence-corrected chi connectivity index (χ4v) is 3.02. The van der Waals surface area contributed by atoms with Crippen LogP contribution in [0.15, 0.2) is 48.8 Å². The van der Waals surface area contributed by atoms with E-state index in [9.17, 15) is 9.90 Å². The van der Waals surface area contributed by atoms with E-state index in [2.05, 4.69) is 15.0 Å². The van der Waals surface area contributed by atoms with Crippen molar-refractivity contribution in [2.75, 3.05) is 7.11 Å². The standard InChI is InChI=1S/C20H18N4O3/c1-27-16-5-2-13(3-6-16)8-19-22-9-14-11-24(12-18(14)23-19)20(26)17-7-4-15(25)10-21-17/h2-7,9-10,25H,8,11-12H2,1H3. The lowest BCUT2D eigenvalue weighted by atomic mass is 10.1. The molecule has 0 fully saturated rings. The average molecular weight is 362 g/mol. The molecule has 7 nitrogen and oxygen atoms in total. The van der Waals surface area contributed by atoms with Crippen LogP contribution in [0.1, 0.15) is 33.1 Å². The van der Waals surface area contributed by atoms with E-state index in [4.69, 9.17) is 4.74 Å². The zero-order valence-corrected chi connectivity index (χ0v) is 14.8. The van der Waals surface area contributed by atoms with Gasteiger partial charge >= 0.3 is 0 Å². The van der Waals surface area contributed by atoms with E-state index in [0.29, 0.717) is 25.2 Å². The molecule has 1 aliphatic heterocycles. The highest BCUT2D eigenvalue weighted by Crippen LogP contribution is 2.23. The number of carbonyl (C=O) groups is 1. The maximum atomic E-state index is 12.6. The third-order valence-electron chi connectivity index (χ3n) is 4.48. The Kier molecular flexibility index (Phi) is 4.42. The van der Waals surface area contributed by atoms with E-state index in [-0.39, 0.29) is 11.7 Å². The van der Waals surface area contributed by atoms with Crippen molar-refractivity contribution in [1.29, 1.82) is 0 Å². The number of rotatable bonds is 4. The maximum Gasteiger partial charge on any atom is 0.273 e. The zero-order valence-electron chi connectivity index (χ0n) is 14.8. The van der Waals surface area contributed by atoms with Gasteiger partial charge in [0, 0.05) is 24.7 Å². The lowest BCUT2D eigenvalue weighted by Gasteiger charge is -2.14. The minimum atomic E-state index is -0.190. The number of aromatic hydroxyl groups is 1. The van der Waals surface area contributed by atoms with E-state index in [0.717, 1.165) is 28.4 Å². The molecule has 4 rings (SSSR count). The molecule has 0 bridgehead atoms. The van der Waals surface area contributed by atoms with Gasteiger partial charge in [0.15, 0.2) is 0 Å². The Labute approximate surface area is 156 Å². The monoisotopic (exact) mass is 362 g/mol. The van der Waals surface area contributed by atoms with E-state index < -0.39 is 0 Å². The number of fused-ring (bicyclic) bond motifs is 1. The van der Waals surface area contributed by atoms with Crippen LogP contribution in [0.2, 0.25) is 0 Å². The van der Waals surface area contributed by atoms with Gasteiger partial charge in [-0.05, 0) is 29.8 Å². The molecule has 0 saturated heterocycles. The van der Waals surface area contributed by atoms with Crippen molar-refractivity contribution in [3.05, 3.63) is 77.1 Å². The molecule has 2 aromatic heterocycles. The highest BCUT2D eigenvalue weighted by molar-refractivity contribution is 5.92. The highest BCUT2D eigenvalue weighted by atomic mass is 16.5. The van der Waals surface area contributed by atoms with Crippen LogP contribution in [0.4, 0.5) is 0 Å². The van der Waals surface area contributed by atoms with Crippen molar-refractivity contribution < 1.29 is 14.6 Å². The summed E-state index contributed by atoms with van der Waals surface area (Å²) < 4.78 is 5.17. The first-order valence-electron chi connectivity index (χ1n) is 8.53. The third-order valence-corrected chi connectivity index (χ3v) is 4.48. The topological polar surface area (TPSA) is 88.4 Å². The molecule has 0 radical (unpaired) electrons. The minimum Gasteiger partial charge on any atom is -0.506 e. The Balaban J connectivity index is 1.47. The second-order valence-corrected chi connectivity index (χ2v) is 6.35. The molecular formula is C20H18N4O3. The summed E-state index contributed by atoms with van der Waals surface area (Å²) in [5.74, 6) is 1.37. The predicted molar refractivity (Wildman–Crippen MR) is 97.3 cm³/mol. The first kappa shape index (κ1) is 17.0. The normalized spacial score (nSPS) is 12.7. The Morgan fingerprint density at radius 3 is 2.63 bits per heavy atom. The molecule has 3 heterocycles. The van der Waals surface area contributed by atoms with Gasteiger partial charge in [0.2, 0.25) is 0 Å². The van der Waals surface area contributed by atoms with Crippen molar-refractivity contribution in [3.63, 3.8) is 0 Å². The molecule has 136 valence electrons. The van der Waals surface area contributed by atoms with Crippen LogP contribution in [0, 0.1) is 0 Å². The number of benzene rings is 1. The Morgan fingerprint density at radius 1 is 1.11 bits per heavy atom. The maximum absolute atomic E-state index is 12.6. The molecule has 0 atom stereocenters. The summed E-state index contributed by atoms with van der Waals surface area (Å²) in [6.45, 7) is 0.883. The van der Waals surface area contributed by atoms with Gasteiger partial charge in [0.05, 0.1) is 25.5 Å². The van der Waals surface area contributed by atoms with E-state index in [1.807, 2.05) is 24.3 Å². The summed E-state index contributed by atoms with van der Waals surface area (Å²) in [4.78, 5) is 27.3. The van der Waals surface area contributed by atoms with E-state index >= 15 is 0 Å². The van der Waals surface area contributed by atoms with Gasteiger partial charge in [-0.3, -0.25) is 4.79 Å². The summed E-state index contributed by atoms with van der Waals surface area (Å²) in [7, 11) is 1.64. The molecule has 3 aromatic rings. The summed E-state index contributed by atoms with van der Waals surface area (Å²) in [5, 5.41) is 9.31. The molecule has 0 unspecified atom stereocenters. The van der Waals surface area contributed by atoms with Gasteiger partial charge in [-0.1, -0.05) is 12.1 Å². The van der Waals surface area contributed by atoms with Crippen LogP contribution >= 0.6 is 0 Å². The molecule has 1 amide bonds. The number of nitrogens with zero attached hydrogens (tertiary/aromatic N) is 4. The van der Waals surface area contributed by atoms with Crippen molar-refractivity contribution in [3.8, 4) is 11.5 Å². The van der Waals surface area contributed by atoms with Crippen molar-refractivity contribution >= 4 is 5.91 Å². The van der Waals surface area contributed by atoms with Crippen LogP contribution in [0.3, 0.4) is 0 Å². The van der Waals surface area contributed by atoms with Crippen LogP contribution in [0.5, 0.6) is 11.5 Å². The number of hydrogen-bond acceptors (Lipinski definition) is 6. The Morgan fingerprint density at radius 2 is 1.93 bits per heavy atom. The summed E-state index contributed by atoms with van der Waals surface area (Å²) in [5.41, 5.74) is 3.20. The van der Waals surface area contributed by atoms with E-state index in [1.165, 1.54) is 18.3 Å². The quantitative estimate of drug-likeness (QED) is 0.766. The second kappa shape index (κ2) is 7.03. The van der Waals surface area contributed by atoms with Crippen molar-refractivity contribution in [2.45, 2.75) is 19.5 Å². The Bertz CT molecular complexity index is 972. The molecular weight excluding hydrogens is 344 g/mol. The number of amides is 1. The predicted octanol–water partition coefficient (Wildman–Crippen LogP) is 2.33. The van der Waals surface area contributed by atoms with Crippen LogP contribution in [-0.4, -0.2) is 38.0 Å². The van der Waals surface area contributed by atoms with Crippen molar-refractivity contribution in [2.24, 2.45) is 0 Å². The van der Waals surface area contributed by atoms with Crippen molar-refractivity contribution in [1.82, 2.24) is 19.9 Å². The second-order valence-electron chi connectivity index (χ2n) is 6.35. The lowest BCUT2D eigenvalue weighted by Crippen LogP contribution is -2.26. The molecule has 0 saturated carbocycles. The van der Waals surface area contributed by atoms with E-state index in [1.54, 1.807) is 18.2 Å². The molecule has 1 N–H and O–H groups in total. The highest BCUT2D eigenvalue weighted by Gasteiger charge is 2.26. The molecule has 7 heteroatoms. The SMILES string of the molecule is COc1ccc(Cc2ncc3c(n2)CN(C(=O)c2ccc(O)cn2)C3)cc1. The number of aromatic nitrogens is 3. The first-order valence-corrected chi connectivity index (χ1v) is 8.53. The number of ether oxygens (including phenoxy) is 1. The number of hydrogen-bond donors (Lipinski definition) is 1.